The van der Waals surface area contributed by atoms with Gasteiger partial charge in [0.2, 0.25) is 23.6 Å². The molecule has 290 valence electrons. The van der Waals surface area contributed by atoms with Gasteiger partial charge >= 0.3 is 0 Å². The van der Waals surface area contributed by atoms with Crippen molar-refractivity contribution in [2.45, 2.75) is 169 Å². The zero-order chi connectivity index (χ0) is 32.0. The Labute approximate surface area is 356 Å². The number of rotatable bonds is 1. The first kappa shape index (κ1) is 86.4. The van der Waals surface area contributed by atoms with Crippen LogP contribution in [0, 0.1) is 44.4 Å². The van der Waals surface area contributed by atoms with E-state index in [1.807, 2.05) is 27.7 Å². The molecule has 0 aliphatic heterocycles. The van der Waals surface area contributed by atoms with Crippen molar-refractivity contribution >= 4 is 23.6 Å². The largest absolute Gasteiger partial charge is 0.286 e. The van der Waals surface area contributed by atoms with Gasteiger partial charge in [-0.1, -0.05) is 149 Å². The number of aryl methyl sites for hydroxylation is 3. The monoisotopic (exact) mass is 841 g/mol. The van der Waals surface area contributed by atoms with Gasteiger partial charge in [-0.25, -0.2) is 0 Å². The SMILES string of the molecule is C.C.C.C.C.C.C.CC.CC.CC(=O)N(C)C(C)=O.CC(=O)N(C)C(C)=O.CCC1C(C)CC(C)C1C.Cc1cc(C)cc(C)c1.[Y].[Y]. The van der Waals surface area contributed by atoms with E-state index in [9.17, 15) is 19.2 Å². The topological polar surface area (TPSA) is 74.8 Å². The van der Waals surface area contributed by atoms with Crippen LogP contribution in [0.3, 0.4) is 0 Å². The average Bonchev–Trinajstić information content (AvgIpc) is 3.10. The molecule has 1 aromatic rings. The molecule has 2 radical (unpaired) electrons. The molecule has 0 saturated heterocycles. The molecule has 0 aromatic heterocycles. The van der Waals surface area contributed by atoms with Crippen LogP contribution in [0.4, 0.5) is 0 Å². The summed E-state index contributed by atoms with van der Waals surface area (Å²) in [6, 6.07) is 6.56. The summed E-state index contributed by atoms with van der Waals surface area (Å²) in [7, 11) is 2.90. The number of nitrogens with zero attached hydrogens (tertiary/aromatic N) is 2. The van der Waals surface area contributed by atoms with Gasteiger partial charge in [0.05, 0.1) is 0 Å². The summed E-state index contributed by atoms with van der Waals surface area (Å²) < 4.78 is 0. The van der Waals surface area contributed by atoms with E-state index in [0.29, 0.717) is 0 Å². The molecule has 0 heterocycles. The van der Waals surface area contributed by atoms with Gasteiger partial charge in [0.1, 0.15) is 0 Å². The van der Waals surface area contributed by atoms with Gasteiger partial charge in [0.25, 0.3) is 0 Å². The fourth-order valence-corrected chi connectivity index (χ4v) is 4.34. The van der Waals surface area contributed by atoms with Crippen molar-refractivity contribution in [3.8, 4) is 0 Å². The number of hydrogen-bond donors (Lipinski definition) is 0. The first-order valence-corrected chi connectivity index (χ1v) is 14.5. The van der Waals surface area contributed by atoms with Gasteiger partial charge in [-0.05, 0) is 50.9 Å². The van der Waals surface area contributed by atoms with Crippen LogP contribution in [0.5, 0.6) is 0 Å². The number of amides is 4. The number of benzene rings is 1. The van der Waals surface area contributed by atoms with Crippen LogP contribution in [0.15, 0.2) is 18.2 Å². The maximum Gasteiger partial charge on any atom is 0.225 e. The Morgan fingerprint density at radius 3 is 0.854 bits per heavy atom. The van der Waals surface area contributed by atoms with E-state index < -0.39 is 0 Å². The molecule has 0 spiro atoms. The van der Waals surface area contributed by atoms with Crippen LogP contribution in [0.1, 0.15) is 165 Å². The fourth-order valence-electron chi connectivity index (χ4n) is 4.34. The maximum atomic E-state index is 10.3. The molecule has 4 unspecified atom stereocenters. The van der Waals surface area contributed by atoms with Gasteiger partial charge in [0, 0.05) is 107 Å². The minimum atomic E-state index is -0.225. The number of carbonyl (C=O) groups is 4. The molecule has 4 amide bonds. The minimum Gasteiger partial charge on any atom is -0.286 e. The molecule has 1 aromatic carbocycles. The summed E-state index contributed by atoms with van der Waals surface area (Å²) in [5.74, 6) is 3.04. The summed E-state index contributed by atoms with van der Waals surface area (Å²) in [4.78, 5) is 43.3. The molecular weight excluding hydrogens is 750 g/mol. The first-order chi connectivity index (χ1) is 18.0. The predicted octanol–water partition coefficient (Wildman–Crippen LogP) is 12.5. The van der Waals surface area contributed by atoms with Crippen molar-refractivity contribution in [3.63, 3.8) is 0 Å². The van der Waals surface area contributed by atoms with Crippen molar-refractivity contribution < 1.29 is 84.6 Å². The quantitative estimate of drug-likeness (QED) is 0.282. The summed E-state index contributed by atoms with van der Waals surface area (Å²) >= 11 is 0. The third kappa shape index (κ3) is 43.7. The average molecular weight is 841 g/mol. The molecule has 8 heteroatoms. The van der Waals surface area contributed by atoms with Gasteiger partial charge in [-0.2, -0.15) is 0 Å². The number of carbonyl (C=O) groups excluding carboxylic acids is 4. The molecule has 0 bridgehead atoms. The summed E-state index contributed by atoms with van der Waals surface area (Å²) in [6.07, 6.45) is 2.84. The number of imide groups is 2. The van der Waals surface area contributed by atoms with Crippen molar-refractivity contribution in [2.75, 3.05) is 14.1 Å². The van der Waals surface area contributed by atoms with E-state index in [2.05, 4.69) is 66.7 Å². The first-order valence-electron chi connectivity index (χ1n) is 14.5. The zero-order valence-electron chi connectivity index (χ0n) is 29.6. The fraction of sp³-hybridized carbons (Fsp3) is 0.750. The van der Waals surface area contributed by atoms with Gasteiger partial charge < -0.3 is 0 Å². The van der Waals surface area contributed by atoms with Crippen LogP contribution < -0.4 is 0 Å². The Hall–Kier alpha value is -0.292. The molecule has 6 nitrogen and oxygen atoms in total. The van der Waals surface area contributed by atoms with Crippen molar-refractivity contribution in [1.29, 1.82) is 0 Å². The third-order valence-corrected chi connectivity index (χ3v) is 6.77. The van der Waals surface area contributed by atoms with E-state index >= 15 is 0 Å². The van der Waals surface area contributed by atoms with Crippen molar-refractivity contribution in [2.24, 2.45) is 23.7 Å². The Morgan fingerprint density at radius 2 is 0.771 bits per heavy atom. The molecule has 0 N–H and O–H groups in total. The van der Waals surface area contributed by atoms with Crippen LogP contribution in [0.2, 0.25) is 0 Å². The van der Waals surface area contributed by atoms with Gasteiger partial charge in [-0.15, -0.1) is 0 Å². The van der Waals surface area contributed by atoms with Gasteiger partial charge in [-0.3, -0.25) is 29.0 Å². The molecule has 48 heavy (non-hydrogen) atoms. The predicted molar refractivity (Wildman–Crippen MR) is 215 cm³/mol. The maximum absolute atomic E-state index is 10.3. The molecule has 1 aliphatic carbocycles. The van der Waals surface area contributed by atoms with Crippen LogP contribution >= 0.6 is 0 Å². The Bertz CT molecular complexity index is 740. The Balaban J connectivity index is -0.0000000282. The smallest absolute Gasteiger partial charge is 0.225 e. The molecular formula is C40H90N2O4Y2. The normalized spacial score (nSPS) is 14.9. The van der Waals surface area contributed by atoms with Crippen LogP contribution in [-0.4, -0.2) is 47.5 Å². The van der Waals surface area contributed by atoms with Gasteiger partial charge in [0.15, 0.2) is 0 Å². The third-order valence-electron chi connectivity index (χ3n) is 6.77. The van der Waals surface area contributed by atoms with Crippen molar-refractivity contribution in [3.05, 3.63) is 34.9 Å². The van der Waals surface area contributed by atoms with Crippen LogP contribution in [-0.2, 0) is 84.6 Å². The van der Waals surface area contributed by atoms with E-state index in [1.54, 1.807) is 0 Å². The van der Waals surface area contributed by atoms with E-state index in [4.69, 9.17) is 0 Å². The Morgan fingerprint density at radius 1 is 0.562 bits per heavy atom. The van der Waals surface area contributed by atoms with E-state index in [-0.39, 0.29) is 141 Å². The second-order valence-corrected chi connectivity index (χ2v) is 9.98. The van der Waals surface area contributed by atoms with Crippen molar-refractivity contribution in [1.82, 2.24) is 9.80 Å². The van der Waals surface area contributed by atoms with E-state index in [1.165, 1.54) is 71.3 Å². The van der Waals surface area contributed by atoms with E-state index in [0.717, 1.165) is 33.5 Å². The van der Waals surface area contributed by atoms with Crippen LogP contribution in [0.25, 0.3) is 0 Å². The molecule has 2 rings (SSSR count). The second kappa shape index (κ2) is 51.1. The molecule has 1 fully saturated rings. The second-order valence-electron chi connectivity index (χ2n) is 9.98. The Kier molecular flexibility index (Phi) is 91.9. The zero-order valence-corrected chi connectivity index (χ0v) is 35.3. The summed E-state index contributed by atoms with van der Waals surface area (Å²) in [5.41, 5.74) is 4.06. The molecule has 1 aliphatic rings. The number of hydrogen-bond acceptors (Lipinski definition) is 4. The standard InChI is InChI=1S/C10H20.C9H12.2C5H9NO2.2C2H6.7CH4.2Y/c1-5-10-8(3)6-7(2)9(10)4;1-7-4-8(2)6-9(3)5-7;2*1-4(7)6(3)5(2)8;2*1-2;;;;;;;;;/h7-10H,5-6H2,1-4H3;4-6H,1-3H3;2*1-3H3;2*1-2H3;7*1H4;;. The summed E-state index contributed by atoms with van der Waals surface area (Å²) in [5, 5.41) is 0. The molecule has 1 saturated carbocycles. The summed E-state index contributed by atoms with van der Waals surface area (Å²) in [6.45, 7) is 29.3. The minimum absolute atomic E-state index is 0. The molecule has 4 atom stereocenters.